The number of halogens is 3. The van der Waals surface area contributed by atoms with E-state index in [-0.39, 0.29) is 12.5 Å². The van der Waals surface area contributed by atoms with Crippen LogP contribution in [0.3, 0.4) is 0 Å². The molecule has 0 bridgehead atoms. The Balaban J connectivity index is 1.72. The number of hydrogen-bond donors (Lipinski definition) is 0. The van der Waals surface area contributed by atoms with Gasteiger partial charge in [-0.05, 0) is 29.0 Å². The third kappa shape index (κ3) is 4.70. The molecule has 1 amide bonds. The minimum absolute atomic E-state index is 0.229. The molecule has 25 heavy (non-hydrogen) atoms. The molecule has 0 aromatic carbocycles. The summed E-state index contributed by atoms with van der Waals surface area (Å²) in [7, 11) is 0. The van der Waals surface area contributed by atoms with Gasteiger partial charge in [0.1, 0.15) is 6.54 Å². The van der Waals surface area contributed by atoms with E-state index in [1.54, 1.807) is 4.90 Å². The van der Waals surface area contributed by atoms with E-state index in [4.69, 9.17) is 0 Å². The van der Waals surface area contributed by atoms with Crippen molar-refractivity contribution in [2.24, 2.45) is 0 Å². The number of carbonyl (C=O) groups is 1. The number of carbonyl (C=O) groups excluding carboxylic acids is 1. The van der Waals surface area contributed by atoms with Crippen LogP contribution in [0.15, 0.2) is 47.3 Å². The molecule has 3 aromatic heterocycles. The number of hydrogen-bond acceptors (Lipinski definition) is 4. The van der Waals surface area contributed by atoms with Crippen molar-refractivity contribution in [2.45, 2.75) is 25.8 Å². The largest absolute Gasteiger partial charge is 0.435 e. The zero-order valence-electron chi connectivity index (χ0n) is 12.9. The van der Waals surface area contributed by atoms with Gasteiger partial charge in [0.25, 0.3) is 0 Å². The minimum atomic E-state index is -4.51. The van der Waals surface area contributed by atoms with Gasteiger partial charge in [-0.3, -0.25) is 9.48 Å². The van der Waals surface area contributed by atoms with Crippen LogP contribution in [0.25, 0.3) is 0 Å². The van der Waals surface area contributed by atoms with Crippen molar-refractivity contribution < 1.29 is 18.0 Å². The first-order valence-electron chi connectivity index (χ1n) is 7.35. The van der Waals surface area contributed by atoms with Crippen LogP contribution in [-0.2, 0) is 30.6 Å². The summed E-state index contributed by atoms with van der Waals surface area (Å²) >= 11 is 3.07. The molecule has 0 saturated carbocycles. The molecular weight excluding hydrogens is 371 g/mol. The topological polar surface area (TPSA) is 38.1 Å². The number of nitrogens with zero attached hydrogens (tertiary/aromatic N) is 3. The van der Waals surface area contributed by atoms with Gasteiger partial charge in [-0.15, -0.1) is 22.7 Å². The molecule has 9 heteroatoms. The van der Waals surface area contributed by atoms with Gasteiger partial charge < -0.3 is 4.90 Å². The van der Waals surface area contributed by atoms with Crippen molar-refractivity contribution in [3.8, 4) is 0 Å². The predicted molar refractivity (Wildman–Crippen MR) is 90.1 cm³/mol. The molecule has 0 atom stereocenters. The molecular formula is C16H14F3N3OS2. The summed E-state index contributed by atoms with van der Waals surface area (Å²) in [5.41, 5.74) is -0.997. The van der Waals surface area contributed by atoms with E-state index in [0.717, 1.165) is 20.5 Å². The fourth-order valence-electron chi connectivity index (χ4n) is 2.25. The lowest BCUT2D eigenvalue weighted by Crippen LogP contribution is -2.32. The molecule has 0 aliphatic heterocycles. The third-order valence-corrected chi connectivity index (χ3v) is 5.16. The van der Waals surface area contributed by atoms with Gasteiger partial charge >= 0.3 is 6.18 Å². The second-order valence-corrected chi connectivity index (χ2v) is 7.37. The summed E-state index contributed by atoms with van der Waals surface area (Å²) in [4.78, 5) is 16.3. The Morgan fingerprint density at radius 2 is 1.68 bits per heavy atom. The highest BCUT2D eigenvalue weighted by Crippen LogP contribution is 2.27. The van der Waals surface area contributed by atoms with Gasteiger partial charge in [-0.25, -0.2) is 0 Å². The van der Waals surface area contributed by atoms with Crippen LogP contribution in [0, 0.1) is 0 Å². The average molecular weight is 385 g/mol. The zero-order chi connectivity index (χ0) is 17.9. The maximum Gasteiger partial charge on any atom is 0.435 e. The molecule has 0 aliphatic rings. The Hall–Kier alpha value is -2.13. The maximum absolute atomic E-state index is 12.6. The van der Waals surface area contributed by atoms with E-state index in [2.05, 4.69) is 5.10 Å². The van der Waals surface area contributed by atoms with E-state index in [1.165, 1.54) is 28.9 Å². The van der Waals surface area contributed by atoms with Crippen molar-refractivity contribution in [1.82, 2.24) is 14.7 Å². The summed E-state index contributed by atoms with van der Waals surface area (Å²) in [6, 6.07) is 8.52. The molecule has 0 fully saturated rings. The molecule has 0 saturated heterocycles. The first kappa shape index (κ1) is 17.7. The van der Waals surface area contributed by atoms with Gasteiger partial charge in [0.15, 0.2) is 5.69 Å². The first-order chi connectivity index (χ1) is 11.9. The van der Waals surface area contributed by atoms with Crippen molar-refractivity contribution in [2.75, 3.05) is 0 Å². The van der Waals surface area contributed by atoms with E-state index < -0.39 is 11.9 Å². The highest BCUT2D eigenvalue weighted by atomic mass is 32.1. The number of alkyl halides is 3. The molecule has 4 nitrogen and oxygen atoms in total. The fraction of sp³-hybridized carbons (Fsp3) is 0.250. The summed E-state index contributed by atoms with van der Waals surface area (Å²) < 4.78 is 38.9. The number of aromatic nitrogens is 2. The second-order valence-electron chi connectivity index (χ2n) is 5.30. The summed E-state index contributed by atoms with van der Waals surface area (Å²) in [6.07, 6.45) is -3.34. The van der Waals surface area contributed by atoms with E-state index >= 15 is 0 Å². The number of thiophene rings is 2. The van der Waals surface area contributed by atoms with Crippen LogP contribution in [0.5, 0.6) is 0 Å². The maximum atomic E-state index is 12.6. The molecule has 3 heterocycles. The van der Waals surface area contributed by atoms with E-state index in [1.807, 2.05) is 35.0 Å². The van der Waals surface area contributed by atoms with E-state index in [0.29, 0.717) is 13.1 Å². The lowest BCUT2D eigenvalue weighted by atomic mass is 10.3. The van der Waals surface area contributed by atoms with Crippen molar-refractivity contribution in [1.29, 1.82) is 0 Å². The fourth-order valence-corrected chi connectivity index (χ4v) is 3.69. The lowest BCUT2D eigenvalue weighted by Gasteiger charge is -2.21. The van der Waals surface area contributed by atoms with Gasteiger partial charge in [0, 0.05) is 16.0 Å². The molecule has 0 N–H and O–H groups in total. The van der Waals surface area contributed by atoms with Crippen molar-refractivity contribution in [3.05, 3.63) is 62.7 Å². The monoisotopic (exact) mass is 385 g/mol. The average Bonchev–Trinajstić information content (AvgIpc) is 3.28. The Kier molecular flexibility index (Phi) is 5.24. The molecule has 132 valence electrons. The minimum Gasteiger partial charge on any atom is -0.331 e. The Morgan fingerprint density at radius 3 is 2.12 bits per heavy atom. The van der Waals surface area contributed by atoms with Gasteiger partial charge in [0.05, 0.1) is 13.1 Å². The van der Waals surface area contributed by atoms with Gasteiger partial charge in [0.2, 0.25) is 5.91 Å². The quantitative estimate of drug-likeness (QED) is 0.636. The molecule has 0 radical (unpaired) electrons. The van der Waals surface area contributed by atoms with E-state index in [9.17, 15) is 18.0 Å². The molecule has 0 unspecified atom stereocenters. The van der Waals surface area contributed by atoms with Gasteiger partial charge in [-0.2, -0.15) is 18.3 Å². The molecule has 3 rings (SSSR count). The zero-order valence-corrected chi connectivity index (χ0v) is 14.6. The molecule has 0 spiro atoms. The third-order valence-electron chi connectivity index (χ3n) is 3.43. The van der Waals surface area contributed by atoms with Crippen molar-refractivity contribution >= 4 is 28.6 Å². The molecule has 3 aromatic rings. The Morgan fingerprint density at radius 1 is 1.08 bits per heavy atom. The van der Waals surface area contributed by atoms with Crippen LogP contribution < -0.4 is 0 Å². The highest BCUT2D eigenvalue weighted by Gasteiger charge is 2.33. The number of rotatable bonds is 6. The predicted octanol–water partition coefficient (Wildman–Crippen LogP) is 4.25. The smallest absolute Gasteiger partial charge is 0.331 e. The standard InChI is InChI=1S/C16H14F3N3OS2/c17-16(18,19)14-5-6-22(20-14)11-15(23)21(9-12-3-1-7-24-12)10-13-4-2-8-25-13/h1-8H,9-11H2. The Labute approximate surface area is 150 Å². The first-order valence-corrected chi connectivity index (χ1v) is 9.11. The van der Waals surface area contributed by atoms with Crippen LogP contribution in [0.4, 0.5) is 13.2 Å². The van der Waals surface area contributed by atoms with Gasteiger partial charge in [-0.1, -0.05) is 12.1 Å². The van der Waals surface area contributed by atoms with Crippen LogP contribution in [-0.4, -0.2) is 20.6 Å². The summed E-state index contributed by atoms with van der Waals surface area (Å²) in [5, 5.41) is 7.29. The lowest BCUT2D eigenvalue weighted by molar-refractivity contribution is -0.142. The van der Waals surface area contributed by atoms with Crippen LogP contribution >= 0.6 is 22.7 Å². The SMILES string of the molecule is O=C(Cn1ccc(C(F)(F)F)n1)N(Cc1cccs1)Cc1cccs1. The Bertz CT molecular complexity index is 774. The van der Waals surface area contributed by atoms with Crippen molar-refractivity contribution in [3.63, 3.8) is 0 Å². The number of amides is 1. The van der Waals surface area contributed by atoms with Crippen LogP contribution in [0.1, 0.15) is 15.4 Å². The molecule has 0 aliphatic carbocycles. The highest BCUT2D eigenvalue weighted by molar-refractivity contribution is 7.10. The summed E-state index contributed by atoms with van der Waals surface area (Å²) in [5.74, 6) is -0.279. The normalized spacial score (nSPS) is 11.6. The summed E-state index contributed by atoms with van der Waals surface area (Å²) in [6.45, 7) is 0.608. The van der Waals surface area contributed by atoms with Crippen LogP contribution in [0.2, 0.25) is 0 Å². The second kappa shape index (κ2) is 7.40.